The second kappa shape index (κ2) is 16.4. The normalized spacial score (nSPS) is 12.9. The smallest absolute Gasteiger partial charge is 0.243 e. The molecule has 0 aliphatic carbocycles. The molecular formula is C22H39N6O3. The number of rotatable bonds is 18. The van der Waals surface area contributed by atoms with Crippen molar-refractivity contribution in [2.45, 2.75) is 82.7 Å². The molecule has 2 amide bonds. The number of amides is 2. The number of nitrogens with one attached hydrogen (secondary N) is 3. The Hall–Kier alpha value is -2.26. The second-order valence-electron chi connectivity index (χ2n) is 7.77. The van der Waals surface area contributed by atoms with Crippen LogP contribution in [0.4, 0.5) is 0 Å². The van der Waals surface area contributed by atoms with Gasteiger partial charge in [-0.2, -0.15) is 0 Å². The lowest BCUT2D eigenvalue weighted by Crippen LogP contribution is -2.53. The van der Waals surface area contributed by atoms with Gasteiger partial charge in [-0.3, -0.25) is 14.4 Å². The van der Waals surface area contributed by atoms with Crippen LogP contribution in [0.3, 0.4) is 0 Å². The molecule has 1 aromatic rings. The van der Waals surface area contributed by atoms with E-state index in [0.29, 0.717) is 25.1 Å². The van der Waals surface area contributed by atoms with Crippen LogP contribution >= 0.6 is 0 Å². The molecule has 0 saturated carbocycles. The standard InChI is InChI=1S/C22H39N6O3/c1-2-3-4-5-6-7-11-20(29)18(10-8-9-12-23)28-22(31)19(27-21(30)14-24)13-17-15-25-16-26-17/h15-16,18-19H,1-14,23-24H2,(H,25,26)(H,27,30)(H,28,31)/t18-,19-/m0/s1. The van der Waals surface area contributed by atoms with Crippen LogP contribution in [0.25, 0.3) is 0 Å². The van der Waals surface area contributed by atoms with Crippen molar-refractivity contribution in [3.8, 4) is 0 Å². The summed E-state index contributed by atoms with van der Waals surface area (Å²) >= 11 is 0. The van der Waals surface area contributed by atoms with Crippen molar-refractivity contribution in [1.82, 2.24) is 20.6 Å². The zero-order chi connectivity index (χ0) is 22.9. The van der Waals surface area contributed by atoms with Gasteiger partial charge in [-0.05, 0) is 32.2 Å². The lowest BCUT2D eigenvalue weighted by atomic mass is 9.99. The van der Waals surface area contributed by atoms with Crippen LogP contribution in [0.5, 0.6) is 0 Å². The van der Waals surface area contributed by atoms with Crippen LogP contribution in [0, 0.1) is 6.92 Å². The summed E-state index contributed by atoms with van der Waals surface area (Å²) < 4.78 is 0. The summed E-state index contributed by atoms with van der Waals surface area (Å²) in [5, 5.41) is 5.47. The Bertz CT molecular complexity index is 635. The maximum Gasteiger partial charge on any atom is 0.243 e. The number of imidazole rings is 1. The van der Waals surface area contributed by atoms with E-state index in [2.05, 4.69) is 27.5 Å². The average molecular weight is 436 g/mol. The molecule has 7 N–H and O–H groups in total. The van der Waals surface area contributed by atoms with Gasteiger partial charge in [0.2, 0.25) is 11.8 Å². The summed E-state index contributed by atoms with van der Waals surface area (Å²) in [6.07, 6.45) is 11.9. The van der Waals surface area contributed by atoms with E-state index in [1.807, 2.05) is 0 Å². The molecule has 2 atom stereocenters. The third-order valence-corrected chi connectivity index (χ3v) is 5.13. The highest BCUT2D eigenvalue weighted by Gasteiger charge is 2.26. The molecule has 0 bridgehead atoms. The molecule has 1 radical (unpaired) electrons. The van der Waals surface area contributed by atoms with Crippen molar-refractivity contribution in [1.29, 1.82) is 0 Å². The van der Waals surface area contributed by atoms with Gasteiger partial charge < -0.3 is 27.1 Å². The SMILES string of the molecule is [CH2]CCCCCCCC(=O)[C@H](CCCCN)NC(=O)[C@H](Cc1c[nH]cn1)NC(=O)CN. The van der Waals surface area contributed by atoms with Crippen molar-refractivity contribution in [2.24, 2.45) is 11.5 Å². The summed E-state index contributed by atoms with van der Waals surface area (Å²) in [5.74, 6) is -0.832. The van der Waals surface area contributed by atoms with Gasteiger partial charge in [0, 0.05) is 19.0 Å². The van der Waals surface area contributed by atoms with Crippen molar-refractivity contribution < 1.29 is 14.4 Å². The van der Waals surface area contributed by atoms with Gasteiger partial charge in [0.15, 0.2) is 5.78 Å². The topological polar surface area (TPSA) is 156 Å². The van der Waals surface area contributed by atoms with E-state index in [1.165, 1.54) is 6.33 Å². The molecule has 175 valence electrons. The molecule has 0 aromatic carbocycles. The Labute approximate surface area is 185 Å². The zero-order valence-corrected chi connectivity index (χ0v) is 18.5. The predicted molar refractivity (Wildman–Crippen MR) is 121 cm³/mol. The quantitative estimate of drug-likeness (QED) is 0.218. The molecule has 0 unspecified atom stereocenters. The van der Waals surface area contributed by atoms with Crippen molar-refractivity contribution in [2.75, 3.05) is 13.1 Å². The molecule has 0 fully saturated rings. The maximum absolute atomic E-state index is 12.9. The highest BCUT2D eigenvalue weighted by molar-refractivity contribution is 5.93. The number of Topliss-reactive ketones (excluding diaryl/α,β-unsaturated/α-hetero) is 1. The van der Waals surface area contributed by atoms with Gasteiger partial charge in [-0.15, -0.1) is 0 Å². The van der Waals surface area contributed by atoms with Crippen molar-refractivity contribution in [3.05, 3.63) is 25.1 Å². The molecule has 0 aliphatic heterocycles. The van der Waals surface area contributed by atoms with Crippen molar-refractivity contribution in [3.63, 3.8) is 0 Å². The molecular weight excluding hydrogens is 396 g/mol. The first-order valence-electron chi connectivity index (χ1n) is 11.3. The number of H-pyrrole nitrogens is 1. The molecule has 1 aromatic heterocycles. The summed E-state index contributed by atoms with van der Waals surface area (Å²) in [7, 11) is 0. The number of nitrogens with two attached hydrogens (primary N) is 2. The predicted octanol–water partition coefficient (Wildman–Crippen LogP) is 1.14. The minimum absolute atomic E-state index is 0.0196. The molecule has 0 saturated heterocycles. The maximum atomic E-state index is 12.9. The van der Waals surface area contributed by atoms with Gasteiger partial charge in [0.1, 0.15) is 6.04 Å². The third-order valence-electron chi connectivity index (χ3n) is 5.13. The van der Waals surface area contributed by atoms with Gasteiger partial charge in [-0.25, -0.2) is 4.98 Å². The Morgan fingerprint density at radius 1 is 1.00 bits per heavy atom. The van der Waals surface area contributed by atoms with E-state index in [9.17, 15) is 14.4 Å². The summed E-state index contributed by atoms with van der Waals surface area (Å²) in [4.78, 5) is 44.5. The number of aromatic nitrogens is 2. The molecule has 31 heavy (non-hydrogen) atoms. The van der Waals surface area contributed by atoms with E-state index >= 15 is 0 Å². The highest BCUT2D eigenvalue weighted by Crippen LogP contribution is 2.11. The molecule has 0 spiro atoms. The van der Waals surface area contributed by atoms with Crippen LogP contribution < -0.4 is 22.1 Å². The first-order chi connectivity index (χ1) is 15.0. The summed E-state index contributed by atoms with van der Waals surface area (Å²) in [5.41, 5.74) is 11.6. The first kappa shape index (κ1) is 26.8. The van der Waals surface area contributed by atoms with Crippen LogP contribution in [0.15, 0.2) is 12.5 Å². The Morgan fingerprint density at radius 3 is 2.39 bits per heavy atom. The Kier molecular flexibility index (Phi) is 14.2. The lowest BCUT2D eigenvalue weighted by Gasteiger charge is -2.22. The second-order valence-corrected chi connectivity index (χ2v) is 7.77. The van der Waals surface area contributed by atoms with Crippen molar-refractivity contribution >= 4 is 17.6 Å². The van der Waals surface area contributed by atoms with E-state index in [0.717, 1.165) is 51.4 Å². The monoisotopic (exact) mass is 435 g/mol. The van der Waals surface area contributed by atoms with Crippen LogP contribution in [0.2, 0.25) is 0 Å². The van der Waals surface area contributed by atoms with Crippen LogP contribution in [-0.4, -0.2) is 52.7 Å². The van der Waals surface area contributed by atoms with E-state index < -0.39 is 23.9 Å². The number of carbonyl (C=O) groups excluding carboxylic acids is 3. The molecule has 1 rings (SSSR count). The van der Waals surface area contributed by atoms with Gasteiger partial charge in [0.25, 0.3) is 0 Å². The molecule has 9 nitrogen and oxygen atoms in total. The minimum Gasteiger partial charge on any atom is -0.351 e. The fraction of sp³-hybridized carbons (Fsp3) is 0.682. The van der Waals surface area contributed by atoms with E-state index in [1.54, 1.807) is 6.20 Å². The van der Waals surface area contributed by atoms with Crippen LogP contribution in [-0.2, 0) is 20.8 Å². The first-order valence-corrected chi connectivity index (χ1v) is 11.3. The number of hydrogen-bond acceptors (Lipinski definition) is 6. The fourth-order valence-corrected chi connectivity index (χ4v) is 3.33. The highest BCUT2D eigenvalue weighted by atomic mass is 16.2. The summed E-state index contributed by atoms with van der Waals surface area (Å²) in [6, 6.07) is -1.44. The number of ketones is 1. The number of hydrogen-bond donors (Lipinski definition) is 5. The largest absolute Gasteiger partial charge is 0.351 e. The Balaban J connectivity index is 2.70. The number of carbonyl (C=O) groups is 3. The Morgan fingerprint density at radius 2 is 1.74 bits per heavy atom. The fourth-order valence-electron chi connectivity index (χ4n) is 3.33. The molecule has 1 heterocycles. The van der Waals surface area contributed by atoms with Gasteiger partial charge >= 0.3 is 0 Å². The van der Waals surface area contributed by atoms with E-state index in [4.69, 9.17) is 11.5 Å². The number of nitrogens with zero attached hydrogens (tertiary/aromatic N) is 1. The third kappa shape index (κ3) is 11.6. The number of unbranched alkanes of at least 4 members (excludes halogenated alkanes) is 6. The van der Waals surface area contributed by atoms with Gasteiger partial charge in [0.05, 0.1) is 24.6 Å². The molecule has 0 aliphatic rings. The zero-order valence-electron chi connectivity index (χ0n) is 18.5. The molecule has 9 heteroatoms. The number of aromatic amines is 1. The van der Waals surface area contributed by atoms with Crippen LogP contribution in [0.1, 0.15) is 69.9 Å². The summed E-state index contributed by atoms with van der Waals surface area (Å²) in [6.45, 7) is 4.15. The minimum atomic E-state index is -0.855. The lowest BCUT2D eigenvalue weighted by molar-refractivity contribution is -0.131. The van der Waals surface area contributed by atoms with E-state index in [-0.39, 0.29) is 18.7 Å². The van der Waals surface area contributed by atoms with Gasteiger partial charge in [-0.1, -0.05) is 39.0 Å². The average Bonchev–Trinajstić information content (AvgIpc) is 3.27.